The zero-order chi connectivity index (χ0) is 17.4. The summed E-state index contributed by atoms with van der Waals surface area (Å²) in [6.45, 7) is 5.94. The SMILES string of the molecule is CN=C(NCCNC(=O)C(C)C)NCC1(Sc2ccccc2)CC1.I. The molecule has 0 radical (unpaired) electrons. The van der Waals surface area contributed by atoms with Gasteiger partial charge in [-0.2, -0.15) is 0 Å². The molecule has 0 spiro atoms. The van der Waals surface area contributed by atoms with Gasteiger partial charge in [0.05, 0.1) is 0 Å². The lowest BCUT2D eigenvalue weighted by Gasteiger charge is -2.18. The zero-order valence-electron chi connectivity index (χ0n) is 15.2. The second-order valence-corrected chi connectivity index (χ2v) is 7.94. The minimum atomic E-state index is 0. The highest BCUT2D eigenvalue weighted by atomic mass is 127. The van der Waals surface area contributed by atoms with Gasteiger partial charge in [0.1, 0.15) is 0 Å². The molecule has 0 bridgehead atoms. The zero-order valence-corrected chi connectivity index (χ0v) is 18.3. The number of nitrogens with one attached hydrogen (secondary N) is 3. The van der Waals surface area contributed by atoms with Crippen molar-refractivity contribution in [2.45, 2.75) is 36.3 Å². The van der Waals surface area contributed by atoms with Crippen molar-refractivity contribution in [1.82, 2.24) is 16.0 Å². The van der Waals surface area contributed by atoms with Gasteiger partial charge in [0, 0.05) is 42.2 Å². The fraction of sp³-hybridized carbons (Fsp3) is 0.556. The highest BCUT2D eigenvalue weighted by Crippen LogP contribution is 2.51. The molecule has 1 amide bonds. The van der Waals surface area contributed by atoms with Crippen LogP contribution in [0.4, 0.5) is 0 Å². The fourth-order valence-corrected chi connectivity index (χ4v) is 3.47. The molecule has 1 aliphatic carbocycles. The fourth-order valence-electron chi connectivity index (χ4n) is 2.23. The molecular formula is C18H29IN4OS. The van der Waals surface area contributed by atoms with E-state index in [4.69, 9.17) is 0 Å². The van der Waals surface area contributed by atoms with Crippen LogP contribution in [0.5, 0.6) is 0 Å². The maximum atomic E-state index is 11.5. The third-order valence-electron chi connectivity index (χ3n) is 3.93. The van der Waals surface area contributed by atoms with Crippen molar-refractivity contribution in [3.8, 4) is 0 Å². The summed E-state index contributed by atoms with van der Waals surface area (Å²) in [6, 6.07) is 10.5. The Morgan fingerprint density at radius 3 is 2.36 bits per heavy atom. The molecule has 1 aromatic rings. The molecule has 0 saturated heterocycles. The molecule has 0 atom stereocenters. The molecule has 1 aromatic carbocycles. The highest BCUT2D eigenvalue weighted by Gasteiger charge is 2.43. The molecule has 2 rings (SSSR count). The molecule has 0 unspecified atom stereocenters. The van der Waals surface area contributed by atoms with Crippen molar-refractivity contribution in [3.63, 3.8) is 0 Å². The Morgan fingerprint density at radius 1 is 1.16 bits per heavy atom. The summed E-state index contributed by atoms with van der Waals surface area (Å²) >= 11 is 1.94. The van der Waals surface area contributed by atoms with Crippen LogP contribution in [0.15, 0.2) is 40.2 Å². The van der Waals surface area contributed by atoms with E-state index in [0.29, 0.717) is 13.1 Å². The minimum Gasteiger partial charge on any atom is -0.355 e. The molecule has 0 aliphatic heterocycles. The van der Waals surface area contributed by atoms with E-state index >= 15 is 0 Å². The van der Waals surface area contributed by atoms with Crippen LogP contribution in [0.25, 0.3) is 0 Å². The monoisotopic (exact) mass is 476 g/mol. The molecule has 1 fully saturated rings. The molecular weight excluding hydrogens is 447 g/mol. The Labute approximate surface area is 172 Å². The molecule has 3 N–H and O–H groups in total. The number of carbonyl (C=O) groups excluding carboxylic acids is 1. The number of rotatable bonds is 8. The van der Waals surface area contributed by atoms with Crippen LogP contribution in [-0.2, 0) is 4.79 Å². The summed E-state index contributed by atoms with van der Waals surface area (Å²) < 4.78 is 0.283. The largest absolute Gasteiger partial charge is 0.355 e. The van der Waals surface area contributed by atoms with Gasteiger partial charge in [-0.1, -0.05) is 32.0 Å². The molecule has 0 heterocycles. The van der Waals surface area contributed by atoms with E-state index in [1.54, 1.807) is 7.05 Å². The molecule has 1 aliphatic rings. The van der Waals surface area contributed by atoms with Gasteiger partial charge in [-0.25, -0.2) is 0 Å². The number of guanidine groups is 1. The summed E-state index contributed by atoms with van der Waals surface area (Å²) in [5.41, 5.74) is 0. The third kappa shape index (κ3) is 7.85. The maximum absolute atomic E-state index is 11.5. The van der Waals surface area contributed by atoms with Gasteiger partial charge >= 0.3 is 0 Å². The maximum Gasteiger partial charge on any atom is 0.222 e. The van der Waals surface area contributed by atoms with E-state index in [1.807, 2.05) is 31.7 Å². The summed E-state index contributed by atoms with van der Waals surface area (Å²) in [5, 5.41) is 9.54. The number of aliphatic imine (C=N–C) groups is 1. The van der Waals surface area contributed by atoms with Gasteiger partial charge in [-0.05, 0) is 25.0 Å². The first-order valence-electron chi connectivity index (χ1n) is 8.51. The lowest BCUT2D eigenvalue weighted by atomic mass is 10.2. The standard InChI is InChI=1S/C18H28N4OS.HI/c1-14(2)16(23)20-11-12-21-17(19-3)22-13-18(9-10-18)24-15-7-5-4-6-8-15;/h4-8,14H,9-13H2,1-3H3,(H,20,23)(H2,19,21,22);1H. The van der Waals surface area contributed by atoms with Crippen molar-refractivity contribution in [2.75, 3.05) is 26.7 Å². The van der Waals surface area contributed by atoms with Crippen LogP contribution in [0.3, 0.4) is 0 Å². The Morgan fingerprint density at radius 2 is 1.80 bits per heavy atom. The first kappa shape index (κ1) is 22.1. The smallest absolute Gasteiger partial charge is 0.222 e. The highest BCUT2D eigenvalue weighted by molar-refractivity contribution is 14.0. The summed E-state index contributed by atoms with van der Waals surface area (Å²) in [7, 11) is 1.77. The number of thioether (sulfide) groups is 1. The van der Waals surface area contributed by atoms with E-state index in [9.17, 15) is 4.79 Å². The second-order valence-electron chi connectivity index (χ2n) is 6.40. The van der Waals surface area contributed by atoms with Gasteiger partial charge in [-0.3, -0.25) is 9.79 Å². The quantitative estimate of drug-likeness (QED) is 0.234. The van der Waals surface area contributed by atoms with Crippen LogP contribution in [-0.4, -0.2) is 43.3 Å². The molecule has 1 saturated carbocycles. The number of halogens is 1. The van der Waals surface area contributed by atoms with E-state index in [0.717, 1.165) is 12.5 Å². The number of hydrogen-bond donors (Lipinski definition) is 3. The van der Waals surface area contributed by atoms with Crippen molar-refractivity contribution in [1.29, 1.82) is 0 Å². The Hall–Kier alpha value is -0.960. The van der Waals surface area contributed by atoms with Gasteiger partial charge < -0.3 is 16.0 Å². The third-order valence-corrected chi connectivity index (χ3v) is 5.42. The van der Waals surface area contributed by atoms with Crippen molar-refractivity contribution < 1.29 is 4.79 Å². The Balaban J connectivity index is 0.00000312. The predicted molar refractivity (Wildman–Crippen MR) is 117 cm³/mol. The average Bonchev–Trinajstić information content (AvgIpc) is 3.34. The van der Waals surface area contributed by atoms with Crippen molar-refractivity contribution >= 4 is 47.6 Å². The van der Waals surface area contributed by atoms with E-state index < -0.39 is 0 Å². The van der Waals surface area contributed by atoms with Crippen LogP contribution in [0.2, 0.25) is 0 Å². The lowest BCUT2D eigenvalue weighted by molar-refractivity contribution is -0.123. The lowest BCUT2D eigenvalue weighted by Crippen LogP contribution is -2.44. The number of benzene rings is 1. The summed E-state index contributed by atoms with van der Waals surface area (Å²) in [5.74, 6) is 0.886. The number of hydrogen-bond acceptors (Lipinski definition) is 3. The van der Waals surface area contributed by atoms with Crippen LogP contribution in [0.1, 0.15) is 26.7 Å². The molecule has 25 heavy (non-hydrogen) atoms. The summed E-state index contributed by atoms with van der Waals surface area (Å²) in [4.78, 5) is 17.1. The van der Waals surface area contributed by atoms with Gasteiger partial charge in [0.2, 0.25) is 5.91 Å². The van der Waals surface area contributed by atoms with Crippen LogP contribution in [0, 0.1) is 5.92 Å². The van der Waals surface area contributed by atoms with E-state index in [2.05, 4.69) is 45.2 Å². The number of nitrogens with zero attached hydrogens (tertiary/aromatic N) is 1. The Bertz CT molecular complexity index is 561. The summed E-state index contributed by atoms with van der Waals surface area (Å²) in [6.07, 6.45) is 2.45. The van der Waals surface area contributed by atoms with Gasteiger partial charge in [0.15, 0.2) is 5.96 Å². The van der Waals surface area contributed by atoms with Gasteiger partial charge in [-0.15, -0.1) is 35.7 Å². The topological polar surface area (TPSA) is 65.5 Å². The van der Waals surface area contributed by atoms with E-state index in [1.165, 1.54) is 17.7 Å². The molecule has 7 heteroatoms. The average molecular weight is 476 g/mol. The van der Waals surface area contributed by atoms with Gasteiger partial charge in [0.25, 0.3) is 0 Å². The second kappa shape index (κ2) is 10.9. The number of amides is 1. The van der Waals surface area contributed by atoms with E-state index in [-0.39, 0.29) is 40.5 Å². The molecule has 5 nitrogen and oxygen atoms in total. The first-order valence-corrected chi connectivity index (χ1v) is 9.33. The minimum absolute atomic E-state index is 0. The van der Waals surface area contributed by atoms with Crippen molar-refractivity contribution in [3.05, 3.63) is 30.3 Å². The normalized spacial score (nSPS) is 15.3. The van der Waals surface area contributed by atoms with Crippen LogP contribution >= 0.6 is 35.7 Å². The van der Waals surface area contributed by atoms with Crippen LogP contribution < -0.4 is 16.0 Å². The number of carbonyl (C=O) groups is 1. The Kier molecular flexibility index (Phi) is 9.63. The molecule has 0 aromatic heterocycles. The van der Waals surface area contributed by atoms with Crippen molar-refractivity contribution in [2.24, 2.45) is 10.9 Å². The molecule has 140 valence electrons. The first-order chi connectivity index (χ1) is 11.5. The predicted octanol–water partition coefficient (Wildman–Crippen LogP) is 2.87.